The molecule has 0 N–H and O–H groups in total. The fourth-order valence-electron chi connectivity index (χ4n) is 3.73. The lowest BCUT2D eigenvalue weighted by molar-refractivity contribution is 0.0583. The van der Waals surface area contributed by atoms with Crippen molar-refractivity contribution in [2.75, 3.05) is 47.1 Å². The molecule has 1 saturated heterocycles. The number of hydrogen-bond donors (Lipinski definition) is 0. The largest absolute Gasteiger partial charge is 0.385 e. The molecule has 3 amide bonds. The summed E-state index contributed by atoms with van der Waals surface area (Å²) in [6.45, 7) is 3.05. The normalized spacial score (nSPS) is 17.1. The topological polar surface area (TPSA) is 76.2 Å². The lowest BCUT2D eigenvalue weighted by Gasteiger charge is -2.25. The zero-order valence-corrected chi connectivity index (χ0v) is 16.6. The number of amides is 3. The number of carbonyl (C=O) groups is 3. The number of imide groups is 1. The number of rotatable bonds is 8. The van der Waals surface area contributed by atoms with Crippen LogP contribution in [0.1, 0.15) is 56.8 Å². The van der Waals surface area contributed by atoms with Gasteiger partial charge in [0.2, 0.25) is 0 Å². The minimum atomic E-state index is -0.337. The zero-order chi connectivity index (χ0) is 20.1. The first kappa shape index (κ1) is 20.5. The highest BCUT2D eigenvalue weighted by Crippen LogP contribution is 2.25. The van der Waals surface area contributed by atoms with E-state index in [1.165, 1.54) is 4.90 Å². The minimum absolute atomic E-state index is 0.132. The summed E-state index contributed by atoms with van der Waals surface area (Å²) in [4.78, 5) is 40.7. The highest BCUT2D eigenvalue weighted by Gasteiger charge is 2.35. The molecule has 0 bridgehead atoms. The first-order valence-corrected chi connectivity index (χ1v) is 9.85. The third kappa shape index (κ3) is 4.42. The van der Waals surface area contributed by atoms with Crippen molar-refractivity contribution in [1.29, 1.82) is 0 Å². The monoisotopic (exact) mass is 388 g/mol. The molecule has 2 aliphatic rings. The molecule has 0 aromatic heterocycles. The smallest absolute Gasteiger partial charge is 0.261 e. The molecule has 1 fully saturated rings. The summed E-state index contributed by atoms with van der Waals surface area (Å²) < 4.78 is 10.4. The number of carbonyl (C=O) groups excluding carboxylic acids is 3. The Morgan fingerprint density at radius 2 is 1.93 bits per heavy atom. The predicted molar refractivity (Wildman–Crippen MR) is 103 cm³/mol. The van der Waals surface area contributed by atoms with E-state index in [2.05, 4.69) is 0 Å². The van der Waals surface area contributed by atoms with Crippen molar-refractivity contribution in [3.8, 4) is 0 Å². The molecular formula is C21H28N2O5. The maximum absolute atomic E-state index is 12.8. The summed E-state index contributed by atoms with van der Waals surface area (Å²) in [6, 6.07) is 4.78. The highest BCUT2D eigenvalue weighted by atomic mass is 16.5. The standard InChI is InChI=1S/C21H28N2O5/c1-22(10-6-15-7-12-28-13-8-15)19(24)16-4-5-17-18(14-16)21(26)23(20(17)25)9-3-11-27-2/h4-5,14-15H,3,6-13H2,1-2H3. The van der Waals surface area contributed by atoms with Gasteiger partial charge in [0, 0.05) is 52.6 Å². The molecule has 0 unspecified atom stereocenters. The van der Waals surface area contributed by atoms with Crippen LogP contribution in [0.15, 0.2) is 18.2 Å². The summed E-state index contributed by atoms with van der Waals surface area (Å²) in [7, 11) is 3.36. The number of nitrogens with zero attached hydrogens (tertiary/aromatic N) is 2. The van der Waals surface area contributed by atoms with Gasteiger partial charge in [0.25, 0.3) is 17.7 Å². The van der Waals surface area contributed by atoms with E-state index in [1.54, 1.807) is 37.3 Å². The highest BCUT2D eigenvalue weighted by molar-refractivity contribution is 6.22. The quantitative estimate of drug-likeness (QED) is 0.504. The van der Waals surface area contributed by atoms with Gasteiger partial charge in [-0.15, -0.1) is 0 Å². The van der Waals surface area contributed by atoms with Crippen LogP contribution in [0, 0.1) is 5.92 Å². The van der Waals surface area contributed by atoms with Crippen LogP contribution in [0.3, 0.4) is 0 Å². The van der Waals surface area contributed by atoms with Crippen molar-refractivity contribution in [2.45, 2.75) is 25.7 Å². The van der Waals surface area contributed by atoms with Crippen molar-refractivity contribution < 1.29 is 23.9 Å². The molecule has 7 heteroatoms. The van der Waals surface area contributed by atoms with Gasteiger partial charge < -0.3 is 14.4 Å². The number of ether oxygens (including phenoxy) is 2. The average molecular weight is 388 g/mol. The molecule has 0 spiro atoms. The summed E-state index contributed by atoms with van der Waals surface area (Å²) in [5.74, 6) is -0.185. The van der Waals surface area contributed by atoms with Gasteiger partial charge in [-0.2, -0.15) is 0 Å². The van der Waals surface area contributed by atoms with Crippen molar-refractivity contribution in [3.63, 3.8) is 0 Å². The van der Waals surface area contributed by atoms with Crippen LogP contribution >= 0.6 is 0 Å². The van der Waals surface area contributed by atoms with E-state index in [4.69, 9.17) is 9.47 Å². The Bertz CT molecular complexity index is 742. The minimum Gasteiger partial charge on any atom is -0.385 e. The number of benzene rings is 1. The van der Waals surface area contributed by atoms with E-state index >= 15 is 0 Å². The van der Waals surface area contributed by atoms with Gasteiger partial charge >= 0.3 is 0 Å². The summed E-state index contributed by atoms with van der Waals surface area (Å²) in [5, 5.41) is 0. The molecular weight excluding hydrogens is 360 g/mol. The second kappa shape index (κ2) is 9.30. The van der Waals surface area contributed by atoms with Crippen molar-refractivity contribution >= 4 is 17.7 Å². The van der Waals surface area contributed by atoms with Crippen LogP contribution in [0.2, 0.25) is 0 Å². The third-order valence-corrected chi connectivity index (χ3v) is 5.51. The molecule has 0 aliphatic carbocycles. The average Bonchev–Trinajstić information content (AvgIpc) is 2.96. The van der Waals surface area contributed by atoms with Gasteiger partial charge in [-0.3, -0.25) is 19.3 Å². The zero-order valence-electron chi connectivity index (χ0n) is 16.6. The Morgan fingerprint density at radius 3 is 2.64 bits per heavy atom. The second-order valence-corrected chi connectivity index (χ2v) is 7.44. The first-order valence-electron chi connectivity index (χ1n) is 9.85. The van der Waals surface area contributed by atoms with Gasteiger partial charge in [-0.1, -0.05) is 0 Å². The summed E-state index contributed by atoms with van der Waals surface area (Å²) >= 11 is 0. The SMILES string of the molecule is COCCCN1C(=O)c2ccc(C(=O)N(C)CCC3CCOCC3)cc2C1=O. The second-order valence-electron chi connectivity index (χ2n) is 7.44. The van der Waals surface area contributed by atoms with Gasteiger partial charge in [0.15, 0.2) is 0 Å². The number of hydrogen-bond acceptors (Lipinski definition) is 5. The van der Waals surface area contributed by atoms with E-state index in [9.17, 15) is 14.4 Å². The van der Waals surface area contributed by atoms with Crippen LogP contribution in [0.5, 0.6) is 0 Å². The third-order valence-electron chi connectivity index (χ3n) is 5.51. The lowest BCUT2D eigenvalue weighted by atomic mass is 9.96. The molecule has 7 nitrogen and oxygen atoms in total. The van der Waals surface area contributed by atoms with Crippen LogP contribution in [-0.2, 0) is 9.47 Å². The van der Waals surface area contributed by atoms with Gasteiger partial charge in [0.05, 0.1) is 11.1 Å². The van der Waals surface area contributed by atoms with Crippen molar-refractivity contribution in [2.24, 2.45) is 5.92 Å². The van der Waals surface area contributed by atoms with Crippen LogP contribution < -0.4 is 0 Å². The molecule has 0 saturated carbocycles. The van der Waals surface area contributed by atoms with Gasteiger partial charge in [-0.25, -0.2) is 0 Å². The molecule has 2 aliphatic heterocycles. The van der Waals surface area contributed by atoms with Crippen molar-refractivity contribution in [1.82, 2.24) is 9.80 Å². The van der Waals surface area contributed by atoms with Gasteiger partial charge in [0.1, 0.15) is 0 Å². The molecule has 28 heavy (non-hydrogen) atoms. The molecule has 152 valence electrons. The Hall–Kier alpha value is -2.25. The Labute approximate surface area is 165 Å². The van der Waals surface area contributed by atoms with E-state index in [1.807, 2.05) is 0 Å². The predicted octanol–water partition coefficient (Wildman–Crippen LogP) is 2.21. The fraction of sp³-hybridized carbons (Fsp3) is 0.571. The summed E-state index contributed by atoms with van der Waals surface area (Å²) in [6.07, 6.45) is 3.61. The maximum Gasteiger partial charge on any atom is 0.261 e. The Morgan fingerprint density at radius 1 is 1.21 bits per heavy atom. The number of fused-ring (bicyclic) bond motifs is 1. The van der Waals surface area contributed by atoms with Gasteiger partial charge in [-0.05, 0) is 49.8 Å². The summed E-state index contributed by atoms with van der Waals surface area (Å²) in [5.41, 5.74) is 1.11. The Balaban J connectivity index is 1.64. The molecule has 1 aromatic rings. The van der Waals surface area contributed by atoms with Crippen molar-refractivity contribution in [3.05, 3.63) is 34.9 Å². The number of methoxy groups -OCH3 is 1. The van der Waals surface area contributed by atoms with E-state index in [0.29, 0.717) is 48.7 Å². The van der Waals surface area contributed by atoms with E-state index in [0.717, 1.165) is 32.5 Å². The Kier molecular flexibility index (Phi) is 6.80. The molecule has 0 radical (unpaired) electrons. The van der Waals surface area contributed by atoms with Crippen LogP contribution in [-0.4, -0.2) is 74.6 Å². The van der Waals surface area contributed by atoms with E-state index < -0.39 is 0 Å². The fourth-order valence-corrected chi connectivity index (χ4v) is 3.73. The van der Waals surface area contributed by atoms with Crippen LogP contribution in [0.4, 0.5) is 0 Å². The molecule has 2 heterocycles. The first-order chi connectivity index (χ1) is 13.5. The lowest BCUT2D eigenvalue weighted by Crippen LogP contribution is -2.31. The van der Waals surface area contributed by atoms with E-state index in [-0.39, 0.29) is 17.7 Å². The maximum atomic E-state index is 12.8. The van der Waals surface area contributed by atoms with Crippen LogP contribution in [0.25, 0.3) is 0 Å². The molecule has 0 atom stereocenters. The molecule has 3 rings (SSSR count). The molecule has 1 aromatic carbocycles.